The summed E-state index contributed by atoms with van der Waals surface area (Å²) < 4.78 is 38.9. The Morgan fingerprint density at radius 3 is 1.71 bits per heavy atom. The predicted molar refractivity (Wildman–Crippen MR) is 120 cm³/mol. The summed E-state index contributed by atoms with van der Waals surface area (Å²) in [4.78, 5) is 12.5. The molecular weight excluding hydrogens is 397 g/mol. The minimum absolute atomic E-state index is 0.0909. The van der Waals surface area contributed by atoms with Crippen molar-refractivity contribution >= 4 is 5.78 Å². The highest BCUT2D eigenvalue weighted by Crippen LogP contribution is 2.35. The molecule has 1 atom stereocenters. The summed E-state index contributed by atoms with van der Waals surface area (Å²) in [6, 6.07) is 19.2. The first kappa shape index (κ1) is 22.8. The quantitative estimate of drug-likeness (QED) is 0.391. The molecule has 0 radical (unpaired) electrons. The van der Waals surface area contributed by atoms with Crippen molar-refractivity contribution in [1.29, 1.82) is 0 Å². The first-order valence-electron chi connectivity index (χ1n) is 10.4. The summed E-state index contributed by atoms with van der Waals surface area (Å²) in [5.74, 6) is 0.179. The van der Waals surface area contributed by atoms with Gasteiger partial charge in [-0.1, -0.05) is 67.9 Å². The Kier molecular flexibility index (Phi) is 6.68. The van der Waals surface area contributed by atoms with Crippen LogP contribution in [0.25, 0.3) is 22.3 Å². The highest BCUT2D eigenvalue weighted by atomic mass is 19.4. The zero-order valence-electron chi connectivity index (χ0n) is 18.3. The molecule has 0 aromatic heterocycles. The van der Waals surface area contributed by atoms with Gasteiger partial charge in [-0.25, -0.2) is 0 Å². The number of carbonyl (C=O) groups is 1. The van der Waals surface area contributed by atoms with Gasteiger partial charge in [0.1, 0.15) is 5.78 Å². The third-order valence-corrected chi connectivity index (χ3v) is 5.49. The van der Waals surface area contributed by atoms with Gasteiger partial charge in [0.2, 0.25) is 0 Å². The smallest absolute Gasteiger partial charge is 0.299 e. The van der Waals surface area contributed by atoms with Crippen LogP contribution in [0.4, 0.5) is 13.2 Å². The van der Waals surface area contributed by atoms with Crippen LogP contribution >= 0.6 is 0 Å². The summed E-state index contributed by atoms with van der Waals surface area (Å²) in [6.07, 6.45) is -3.65. The van der Waals surface area contributed by atoms with Gasteiger partial charge in [-0.3, -0.25) is 4.79 Å². The van der Waals surface area contributed by atoms with E-state index < -0.39 is 11.7 Å². The Morgan fingerprint density at radius 1 is 0.806 bits per heavy atom. The van der Waals surface area contributed by atoms with Crippen LogP contribution in [0.15, 0.2) is 66.7 Å². The SMILES string of the molecule is CC(=O)[C@@H](CC(C)C)c1cc(-c2ccc(C)cc2)cc(-c2ccc(C(F)(F)F)cc2)c1. The van der Waals surface area contributed by atoms with E-state index in [0.29, 0.717) is 11.5 Å². The Hall–Kier alpha value is -2.88. The average molecular weight is 425 g/mol. The van der Waals surface area contributed by atoms with Gasteiger partial charge < -0.3 is 0 Å². The van der Waals surface area contributed by atoms with Gasteiger partial charge in [-0.05, 0) is 72.2 Å². The van der Waals surface area contributed by atoms with E-state index in [-0.39, 0.29) is 11.7 Å². The molecule has 3 aromatic carbocycles. The molecular formula is C27H27F3O. The van der Waals surface area contributed by atoms with Gasteiger partial charge >= 0.3 is 6.18 Å². The zero-order valence-corrected chi connectivity index (χ0v) is 18.3. The fourth-order valence-electron chi connectivity index (χ4n) is 3.79. The van der Waals surface area contributed by atoms with E-state index in [2.05, 4.69) is 13.8 Å². The molecule has 0 saturated carbocycles. The van der Waals surface area contributed by atoms with Crippen LogP contribution < -0.4 is 0 Å². The summed E-state index contributed by atoms with van der Waals surface area (Å²) in [5.41, 5.74) is 4.81. The summed E-state index contributed by atoms with van der Waals surface area (Å²) in [5, 5.41) is 0. The molecule has 0 saturated heterocycles. The number of aryl methyl sites for hydroxylation is 1. The van der Waals surface area contributed by atoms with Crippen LogP contribution in [0.2, 0.25) is 0 Å². The van der Waals surface area contributed by atoms with Crippen molar-refractivity contribution in [2.45, 2.75) is 46.2 Å². The third-order valence-electron chi connectivity index (χ3n) is 5.49. The van der Waals surface area contributed by atoms with Crippen LogP contribution in [0, 0.1) is 12.8 Å². The second-order valence-corrected chi connectivity index (χ2v) is 8.58. The van der Waals surface area contributed by atoms with Gasteiger partial charge in [0, 0.05) is 5.92 Å². The molecule has 0 N–H and O–H groups in total. The van der Waals surface area contributed by atoms with E-state index in [9.17, 15) is 18.0 Å². The summed E-state index contributed by atoms with van der Waals surface area (Å²) in [7, 11) is 0. The minimum Gasteiger partial charge on any atom is -0.299 e. The average Bonchev–Trinajstić information content (AvgIpc) is 2.71. The Labute approximate surface area is 181 Å². The van der Waals surface area contributed by atoms with Crippen molar-refractivity contribution < 1.29 is 18.0 Å². The Bertz CT molecular complexity index is 1050. The van der Waals surface area contributed by atoms with Crippen molar-refractivity contribution in [1.82, 2.24) is 0 Å². The molecule has 0 aliphatic rings. The van der Waals surface area contributed by atoms with Gasteiger partial charge in [0.15, 0.2) is 0 Å². The maximum Gasteiger partial charge on any atom is 0.416 e. The number of hydrogen-bond acceptors (Lipinski definition) is 1. The van der Waals surface area contributed by atoms with Crippen LogP contribution in [-0.2, 0) is 11.0 Å². The molecule has 0 aliphatic carbocycles. The molecule has 31 heavy (non-hydrogen) atoms. The van der Waals surface area contributed by atoms with Crippen LogP contribution in [0.5, 0.6) is 0 Å². The fourth-order valence-corrected chi connectivity index (χ4v) is 3.79. The number of rotatable bonds is 6. The highest BCUT2D eigenvalue weighted by Gasteiger charge is 2.30. The normalized spacial score (nSPS) is 12.8. The van der Waals surface area contributed by atoms with Crippen LogP contribution in [0.3, 0.4) is 0 Å². The zero-order chi connectivity index (χ0) is 22.8. The molecule has 3 rings (SSSR count). The molecule has 0 fully saturated rings. The lowest BCUT2D eigenvalue weighted by Crippen LogP contribution is -2.12. The molecule has 1 nitrogen and oxygen atoms in total. The lowest BCUT2D eigenvalue weighted by Gasteiger charge is -2.19. The second-order valence-electron chi connectivity index (χ2n) is 8.58. The highest BCUT2D eigenvalue weighted by molar-refractivity contribution is 5.85. The van der Waals surface area contributed by atoms with Crippen LogP contribution in [-0.4, -0.2) is 5.78 Å². The number of hydrogen-bond donors (Lipinski definition) is 0. The van der Waals surface area contributed by atoms with Gasteiger partial charge in [0.25, 0.3) is 0 Å². The number of halogens is 3. The minimum atomic E-state index is -4.37. The topological polar surface area (TPSA) is 17.1 Å². The van der Waals surface area contributed by atoms with Crippen molar-refractivity contribution in [3.63, 3.8) is 0 Å². The third kappa shape index (κ3) is 5.63. The number of carbonyl (C=O) groups excluding carboxylic acids is 1. The fraction of sp³-hybridized carbons (Fsp3) is 0.296. The van der Waals surface area contributed by atoms with Crippen molar-refractivity contribution in [2.24, 2.45) is 5.92 Å². The molecule has 3 aromatic rings. The number of benzene rings is 3. The Morgan fingerprint density at radius 2 is 1.29 bits per heavy atom. The Balaban J connectivity index is 2.14. The molecule has 0 heterocycles. The van der Waals surface area contributed by atoms with E-state index in [1.54, 1.807) is 6.92 Å². The predicted octanol–water partition coefficient (Wildman–Crippen LogP) is 8.07. The first-order chi connectivity index (χ1) is 14.5. The van der Waals surface area contributed by atoms with E-state index >= 15 is 0 Å². The van der Waals surface area contributed by atoms with E-state index in [0.717, 1.165) is 46.4 Å². The molecule has 0 bridgehead atoms. The lowest BCUT2D eigenvalue weighted by molar-refractivity contribution is -0.137. The molecule has 4 heteroatoms. The number of ketones is 1. The molecule has 162 valence electrons. The van der Waals surface area contributed by atoms with Crippen molar-refractivity contribution in [3.8, 4) is 22.3 Å². The van der Waals surface area contributed by atoms with E-state index in [1.165, 1.54) is 12.1 Å². The maximum atomic E-state index is 13.0. The maximum absolute atomic E-state index is 13.0. The lowest BCUT2D eigenvalue weighted by atomic mass is 9.84. The van der Waals surface area contributed by atoms with Crippen molar-refractivity contribution in [3.05, 3.63) is 83.4 Å². The largest absolute Gasteiger partial charge is 0.416 e. The van der Waals surface area contributed by atoms with Crippen LogP contribution in [0.1, 0.15) is 49.8 Å². The summed E-state index contributed by atoms with van der Waals surface area (Å²) >= 11 is 0. The van der Waals surface area contributed by atoms with E-state index in [1.807, 2.05) is 49.4 Å². The number of Topliss-reactive ketones (excluding diaryl/α,β-unsaturated/α-hetero) is 1. The van der Waals surface area contributed by atoms with E-state index in [4.69, 9.17) is 0 Å². The number of alkyl halides is 3. The monoisotopic (exact) mass is 424 g/mol. The van der Waals surface area contributed by atoms with Gasteiger partial charge in [-0.2, -0.15) is 13.2 Å². The summed E-state index contributed by atoms with van der Waals surface area (Å²) in [6.45, 7) is 7.78. The second kappa shape index (κ2) is 9.09. The molecule has 0 amide bonds. The first-order valence-corrected chi connectivity index (χ1v) is 10.4. The molecule has 0 aliphatic heterocycles. The van der Waals surface area contributed by atoms with Gasteiger partial charge in [0.05, 0.1) is 5.56 Å². The molecule has 0 unspecified atom stereocenters. The van der Waals surface area contributed by atoms with Crippen molar-refractivity contribution in [2.75, 3.05) is 0 Å². The standard InChI is InChI=1S/C27H27F3O/c1-17(2)13-26(19(4)31)24-15-22(20-7-5-18(3)6-8-20)14-23(16-24)21-9-11-25(12-10-21)27(28,29)30/h5-12,14-17,26H,13H2,1-4H3/t26-/m1/s1. The van der Waals surface area contributed by atoms with Gasteiger partial charge in [-0.15, -0.1) is 0 Å². The molecule has 0 spiro atoms.